The van der Waals surface area contributed by atoms with Gasteiger partial charge in [0.1, 0.15) is 0 Å². The quantitative estimate of drug-likeness (QED) is 0.706. The molecule has 0 amide bonds. The Bertz CT molecular complexity index is 244. The molecule has 3 nitrogen and oxygen atoms in total. The Morgan fingerprint density at radius 2 is 1.81 bits per heavy atom. The van der Waals surface area contributed by atoms with E-state index in [0.717, 1.165) is 12.5 Å². The van der Waals surface area contributed by atoms with Crippen molar-refractivity contribution in [1.29, 1.82) is 0 Å². The number of aliphatic hydroxyl groups excluding tert-OH is 1. The van der Waals surface area contributed by atoms with Crippen molar-refractivity contribution >= 4 is 0 Å². The summed E-state index contributed by atoms with van der Waals surface area (Å²) in [7, 11) is 0. The Morgan fingerprint density at radius 1 is 1.12 bits per heavy atom. The number of nitrogens with zero attached hydrogens (tertiary/aromatic N) is 1. The van der Waals surface area contributed by atoms with Crippen LogP contribution >= 0.6 is 0 Å². The van der Waals surface area contributed by atoms with Crippen LogP contribution in [0.2, 0.25) is 0 Å². The molecule has 1 unspecified atom stereocenters. The fourth-order valence-electron chi connectivity index (χ4n) is 3.13. The van der Waals surface area contributed by atoms with Crippen LogP contribution in [-0.4, -0.2) is 47.8 Å². The van der Waals surface area contributed by atoms with Crippen molar-refractivity contribution in [1.82, 2.24) is 10.2 Å². The van der Waals surface area contributed by atoms with E-state index in [2.05, 4.69) is 10.2 Å². The number of rotatable bonds is 6. The van der Waals surface area contributed by atoms with Crippen molar-refractivity contribution in [2.75, 3.05) is 26.2 Å². The molecule has 1 aliphatic heterocycles. The summed E-state index contributed by atoms with van der Waals surface area (Å²) < 4.78 is 0. The molecule has 2 N–H and O–H groups in total. The molecular formula is C13H24N2O. The molecule has 0 radical (unpaired) electrons. The zero-order valence-electron chi connectivity index (χ0n) is 10.1. The summed E-state index contributed by atoms with van der Waals surface area (Å²) in [5.74, 6) is 0.735. The molecule has 0 aromatic rings. The van der Waals surface area contributed by atoms with E-state index in [4.69, 9.17) is 0 Å². The predicted octanol–water partition coefficient (Wildman–Crippen LogP) is 0.975. The smallest absolute Gasteiger partial charge is 0.0628 e. The maximum Gasteiger partial charge on any atom is 0.0628 e. The van der Waals surface area contributed by atoms with Crippen LogP contribution < -0.4 is 5.32 Å². The fourth-order valence-corrected chi connectivity index (χ4v) is 3.13. The molecule has 3 fully saturated rings. The van der Waals surface area contributed by atoms with Crippen LogP contribution in [0, 0.1) is 5.92 Å². The molecular weight excluding hydrogens is 200 g/mol. The van der Waals surface area contributed by atoms with Crippen LogP contribution in [0.25, 0.3) is 0 Å². The summed E-state index contributed by atoms with van der Waals surface area (Å²) in [4.78, 5) is 2.55. The molecule has 1 saturated heterocycles. The minimum atomic E-state index is 0.0332. The van der Waals surface area contributed by atoms with Crippen molar-refractivity contribution in [3.63, 3.8) is 0 Å². The first-order chi connectivity index (χ1) is 7.82. The van der Waals surface area contributed by atoms with E-state index in [9.17, 15) is 5.11 Å². The average Bonchev–Trinajstić information content (AvgIpc) is 3.19. The van der Waals surface area contributed by atoms with Gasteiger partial charge >= 0.3 is 0 Å². The molecule has 1 atom stereocenters. The van der Waals surface area contributed by atoms with E-state index in [1.165, 1.54) is 51.6 Å². The van der Waals surface area contributed by atoms with Crippen LogP contribution in [-0.2, 0) is 0 Å². The van der Waals surface area contributed by atoms with Gasteiger partial charge < -0.3 is 15.3 Å². The zero-order valence-corrected chi connectivity index (χ0v) is 10.1. The molecule has 3 aliphatic rings. The van der Waals surface area contributed by atoms with Crippen molar-refractivity contribution in [2.24, 2.45) is 5.92 Å². The van der Waals surface area contributed by atoms with Crippen molar-refractivity contribution in [3.05, 3.63) is 0 Å². The Labute approximate surface area is 98.2 Å². The lowest BCUT2D eigenvalue weighted by atomic mass is 9.93. The number of likely N-dealkylation sites (tertiary alicyclic amines) is 1. The van der Waals surface area contributed by atoms with Gasteiger partial charge in [0.05, 0.1) is 12.1 Å². The van der Waals surface area contributed by atoms with Gasteiger partial charge in [0, 0.05) is 12.6 Å². The molecule has 0 aromatic carbocycles. The molecule has 0 aromatic heterocycles. The van der Waals surface area contributed by atoms with Gasteiger partial charge in [0.15, 0.2) is 0 Å². The SMILES string of the molecule is OCC(CN1CCCC1)(NC1CC1)C1CC1. The number of nitrogens with one attached hydrogen (secondary N) is 1. The molecule has 1 heterocycles. The third kappa shape index (κ3) is 2.27. The largest absolute Gasteiger partial charge is 0.394 e. The highest BCUT2D eigenvalue weighted by atomic mass is 16.3. The molecule has 0 bridgehead atoms. The van der Waals surface area contributed by atoms with Crippen LogP contribution in [0.15, 0.2) is 0 Å². The minimum Gasteiger partial charge on any atom is -0.394 e. The van der Waals surface area contributed by atoms with E-state index in [-0.39, 0.29) is 5.54 Å². The summed E-state index contributed by atoms with van der Waals surface area (Å²) in [5.41, 5.74) is 0.0332. The van der Waals surface area contributed by atoms with Crippen LogP contribution in [0.5, 0.6) is 0 Å². The lowest BCUT2D eigenvalue weighted by Crippen LogP contribution is -2.58. The number of hydrogen-bond acceptors (Lipinski definition) is 3. The van der Waals surface area contributed by atoms with E-state index < -0.39 is 0 Å². The van der Waals surface area contributed by atoms with Crippen LogP contribution in [0.3, 0.4) is 0 Å². The highest BCUT2D eigenvalue weighted by molar-refractivity contribution is 5.06. The van der Waals surface area contributed by atoms with Crippen LogP contribution in [0.4, 0.5) is 0 Å². The second-order valence-corrected chi connectivity index (χ2v) is 5.99. The highest BCUT2D eigenvalue weighted by Gasteiger charge is 2.48. The second kappa shape index (κ2) is 4.28. The summed E-state index contributed by atoms with van der Waals surface area (Å²) in [6.07, 6.45) is 7.94. The Kier molecular flexibility index (Phi) is 2.94. The Morgan fingerprint density at radius 3 is 2.31 bits per heavy atom. The Hall–Kier alpha value is -0.120. The van der Waals surface area contributed by atoms with E-state index in [1.54, 1.807) is 0 Å². The zero-order chi connectivity index (χ0) is 11.0. The van der Waals surface area contributed by atoms with Gasteiger partial charge in [-0.15, -0.1) is 0 Å². The monoisotopic (exact) mass is 224 g/mol. The fraction of sp³-hybridized carbons (Fsp3) is 1.00. The maximum atomic E-state index is 9.83. The van der Waals surface area contributed by atoms with E-state index in [0.29, 0.717) is 12.6 Å². The standard InChI is InChI=1S/C13H24N2O/c16-10-13(11-3-4-11,14-12-5-6-12)9-15-7-1-2-8-15/h11-12,14,16H,1-10H2. The molecule has 3 rings (SSSR count). The van der Waals surface area contributed by atoms with Crippen molar-refractivity contribution < 1.29 is 5.11 Å². The Balaban J connectivity index is 1.65. The van der Waals surface area contributed by atoms with Gasteiger partial charge in [0.2, 0.25) is 0 Å². The molecule has 2 saturated carbocycles. The molecule has 16 heavy (non-hydrogen) atoms. The van der Waals surface area contributed by atoms with Gasteiger partial charge in [0.25, 0.3) is 0 Å². The van der Waals surface area contributed by atoms with Crippen molar-refractivity contribution in [3.8, 4) is 0 Å². The van der Waals surface area contributed by atoms with Gasteiger partial charge in [-0.05, 0) is 57.5 Å². The molecule has 2 aliphatic carbocycles. The number of aliphatic hydroxyl groups is 1. The van der Waals surface area contributed by atoms with Gasteiger partial charge in [-0.25, -0.2) is 0 Å². The minimum absolute atomic E-state index is 0.0332. The van der Waals surface area contributed by atoms with Gasteiger partial charge in [-0.1, -0.05) is 0 Å². The summed E-state index contributed by atoms with van der Waals surface area (Å²) in [5, 5.41) is 13.6. The first-order valence-electron chi connectivity index (χ1n) is 6.93. The first kappa shape index (κ1) is 11.0. The predicted molar refractivity (Wildman–Crippen MR) is 64.4 cm³/mol. The summed E-state index contributed by atoms with van der Waals surface area (Å²) >= 11 is 0. The number of hydrogen-bond donors (Lipinski definition) is 2. The third-order valence-electron chi connectivity index (χ3n) is 4.41. The topological polar surface area (TPSA) is 35.5 Å². The lowest BCUT2D eigenvalue weighted by molar-refractivity contribution is 0.0983. The molecule has 92 valence electrons. The van der Waals surface area contributed by atoms with Gasteiger partial charge in [-0.3, -0.25) is 0 Å². The normalized spacial score (nSPS) is 30.6. The second-order valence-electron chi connectivity index (χ2n) is 5.99. The average molecular weight is 224 g/mol. The summed E-state index contributed by atoms with van der Waals surface area (Å²) in [6.45, 7) is 3.87. The first-order valence-corrected chi connectivity index (χ1v) is 6.93. The summed E-state index contributed by atoms with van der Waals surface area (Å²) in [6, 6.07) is 0.704. The molecule has 0 spiro atoms. The molecule has 3 heteroatoms. The maximum absolute atomic E-state index is 9.83. The van der Waals surface area contributed by atoms with Gasteiger partial charge in [-0.2, -0.15) is 0 Å². The van der Waals surface area contributed by atoms with E-state index in [1.807, 2.05) is 0 Å². The van der Waals surface area contributed by atoms with Crippen LogP contribution in [0.1, 0.15) is 38.5 Å². The van der Waals surface area contributed by atoms with E-state index >= 15 is 0 Å². The van der Waals surface area contributed by atoms with Crippen molar-refractivity contribution in [2.45, 2.75) is 50.1 Å². The lowest BCUT2D eigenvalue weighted by Gasteiger charge is -2.37. The highest BCUT2D eigenvalue weighted by Crippen LogP contribution is 2.42. The third-order valence-corrected chi connectivity index (χ3v) is 4.41.